The summed E-state index contributed by atoms with van der Waals surface area (Å²) in [7, 11) is 0. The normalized spacial score (nSPS) is 35.3. The Hall–Kier alpha value is -0.0800. The predicted octanol–water partition coefficient (Wildman–Crippen LogP) is 0.509. The molecule has 0 saturated carbocycles. The minimum Gasteiger partial charge on any atom is -0.395 e. The van der Waals surface area contributed by atoms with E-state index in [1.54, 1.807) is 0 Å². The number of rotatable bonds is 2. The van der Waals surface area contributed by atoms with Crippen LogP contribution in [0.2, 0.25) is 0 Å². The fourth-order valence-corrected chi connectivity index (χ4v) is 1.37. The average Bonchev–Trinajstić information content (AvgIpc) is 2.34. The van der Waals surface area contributed by atoms with E-state index in [0.717, 1.165) is 6.42 Å². The van der Waals surface area contributed by atoms with Crippen molar-refractivity contribution in [2.24, 2.45) is 0 Å². The first kappa shape index (κ1) is 7.03. The molecule has 9 heavy (non-hydrogen) atoms. The van der Waals surface area contributed by atoms with Gasteiger partial charge in [0.15, 0.2) is 0 Å². The largest absolute Gasteiger partial charge is 0.395 e. The molecule has 1 saturated heterocycles. The van der Waals surface area contributed by atoms with Crippen LogP contribution in [-0.2, 0) is 0 Å². The van der Waals surface area contributed by atoms with Crippen LogP contribution in [0.25, 0.3) is 0 Å². The summed E-state index contributed by atoms with van der Waals surface area (Å²) in [6, 6.07) is 1.05. The Morgan fingerprint density at radius 2 is 2.11 bits per heavy atom. The number of hydrogen-bond acceptors (Lipinski definition) is 2. The summed E-state index contributed by atoms with van der Waals surface area (Å²) >= 11 is 0. The maximum atomic E-state index is 8.72. The summed E-state index contributed by atoms with van der Waals surface area (Å²) in [6.07, 6.45) is 3.58. The number of nitrogens with one attached hydrogen (secondary N) is 1. The first-order valence-electron chi connectivity index (χ1n) is 3.73. The van der Waals surface area contributed by atoms with E-state index in [1.165, 1.54) is 12.8 Å². The molecule has 54 valence electrons. The van der Waals surface area contributed by atoms with Crippen molar-refractivity contribution in [1.29, 1.82) is 0 Å². The molecule has 2 atom stereocenters. The molecule has 2 N–H and O–H groups in total. The van der Waals surface area contributed by atoms with Gasteiger partial charge >= 0.3 is 0 Å². The third-order valence-electron chi connectivity index (χ3n) is 2.05. The highest BCUT2D eigenvalue weighted by atomic mass is 16.3. The number of aliphatic hydroxyl groups excluding tert-OH is 1. The van der Waals surface area contributed by atoms with Gasteiger partial charge in [-0.3, -0.25) is 0 Å². The zero-order chi connectivity index (χ0) is 6.69. The topological polar surface area (TPSA) is 32.3 Å². The molecule has 0 aliphatic carbocycles. The summed E-state index contributed by atoms with van der Waals surface area (Å²) in [6.45, 7) is 2.48. The van der Waals surface area contributed by atoms with Crippen LogP contribution < -0.4 is 5.32 Å². The van der Waals surface area contributed by atoms with Gasteiger partial charge in [0.05, 0.1) is 6.61 Å². The summed E-state index contributed by atoms with van der Waals surface area (Å²) in [5.41, 5.74) is 0. The Kier molecular flexibility index (Phi) is 2.49. The van der Waals surface area contributed by atoms with Crippen LogP contribution in [0.1, 0.15) is 26.2 Å². The van der Waals surface area contributed by atoms with Crippen molar-refractivity contribution in [1.82, 2.24) is 5.32 Å². The van der Waals surface area contributed by atoms with Crippen molar-refractivity contribution in [3.05, 3.63) is 0 Å². The predicted molar refractivity (Wildman–Crippen MR) is 37.3 cm³/mol. The summed E-state index contributed by atoms with van der Waals surface area (Å²) in [4.78, 5) is 0. The van der Waals surface area contributed by atoms with Gasteiger partial charge < -0.3 is 10.4 Å². The lowest BCUT2D eigenvalue weighted by Gasteiger charge is -2.08. The highest BCUT2D eigenvalue weighted by Gasteiger charge is 2.20. The molecule has 0 unspecified atom stereocenters. The molecule has 0 aromatic heterocycles. The molecule has 0 amide bonds. The van der Waals surface area contributed by atoms with Gasteiger partial charge in [0.1, 0.15) is 0 Å². The molecule has 1 aliphatic rings. The van der Waals surface area contributed by atoms with Crippen molar-refractivity contribution in [3.63, 3.8) is 0 Å². The SMILES string of the molecule is CC[C@@H]1CC[C@@H](CO)N1. The Balaban J connectivity index is 2.20. The Morgan fingerprint density at radius 1 is 1.44 bits per heavy atom. The third kappa shape index (κ3) is 1.66. The van der Waals surface area contributed by atoms with E-state index in [-0.39, 0.29) is 0 Å². The van der Waals surface area contributed by atoms with Gasteiger partial charge in [-0.15, -0.1) is 0 Å². The van der Waals surface area contributed by atoms with Crippen LogP contribution in [0, 0.1) is 0 Å². The molecule has 1 fully saturated rings. The fourth-order valence-electron chi connectivity index (χ4n) is 1.37. The third-order valence-corrected chi connectivity index (χ3v) is 2.05. The van der Waals surface area contributed by atoms with Gasteiger partial charge in [0, 0.05) is 12.1 Å². The van der Waals surface area contributed by atoms with Crippen LogP contribution in [-0.4, -0.2) is 23.8 Å². The lowest BCUT2D eigenvalue weighted by Crippen LogP contribution is -2.31. The molecule has 0 aromatic carbocycles. The van der Waals surface area contributed by atoms with Crippen molar-refractivity contribution in [2.75, 3.05) is 6.61 Å². The quantitative estimate of drug-likeness (QED) is 0.569. The molecule has 0 spiro atoms. The lowest BCUT2D eigenvalue weighted by molar-refractivity contribution is 0.251. The van der Waals surface area contributed by atoms with Crippen LogP contribution in [0.4, 0.5) is 0 Å². The molecular formula is C7H15NO. The molecule has 2 heteroatoms. The van der Waals surface area contributed by atoms with Crippen LogP contribution in [0.5, 0.6) is 0 Å². The van der Waals surface area contributed by atoms with Gasteiger partial charge in [0.2, 0.25) is 0 Å². The van der Waals surface area contributed by atoms with Gasteiger partial charge in [-0.1, -0.05) is 6.92 Å². The number of hydrogen-bond donors (Lipinski definition) is 2. The van der Waals surface area contributed by atoms with E-state index in [4.69, 9.17) is 5.11 Å². The second kappa shape index (κ2) is 3.18. The maximum absolute atomic E-state index is 8.72. The molecule has 1 aliphatic heterocycles. The Labute approximate surface area is 56.3 Å². The highest BCUT2D eigenvalue weighted by molar-refractivity contribution is 4.81. The molecule has 2 nitrogen and oxygen atoms in total. The van der Waals surface area contributed by atoms with Crippen molar-refractivity contribution >= 4 is 0 Å². The first-order chi connectivity index (χ1) is 4.36. The maximum Gasteiger partial charge on any atom is 0.0584 e. The van der Waals surface area contributed by atoms with Crippen LogP contribution >= 0.6 is 0 Å². The van der Waals surface area contributed by atoms with Gasteiger partial charge in [0.25, 0.3) is 0 Å². The van der Waals surface area contributed by atoms with E-state index >= 15 is 0 Å². The highest BCUT2D eigenvalue weighted by Crippen LogP contribution is 2.13. The minimum atomic E-state index is 0.302. The summed E-state index contributed by atoms with van der Waals surface area (Å²) in [5.74, 6) is 0. The molecule has 1 rings (SSSR count). The van der Waals surface area contributed by atoms with E-state index in [1.807, 2.05) is 0 Å². The van der Waals surface area contributed by atoms with Crippen molar-refractivity contribution in [2.45, 2.75) is 38.3 Å². The van der Waals surface area contributed by atoms with Crippen LogP contribution in [0.15, 0.2) is 0 Å². The monoisotopic (exact) mass is 129 g/mol. The average molecular weight is 129 g/mol. The molecular weight excluding hydrogens is 114 g/mol. The van der Waals surface area contributed by atoms with E-state index in [2.05, 4.69) is 12.2 Å². The van der Waals surface area contributed by atoms with Gasteiger partial charge in [-0.2, -0.15) is 0 Å². The van der Waals surface area contributed by atoms with E-state index < -0.39 is 0 Å². The minimum absolute atomic E-state index is 0.302. The van der Waals surface area contributed by atoms with E-state index in [9.17, 15) is 0 Å². The first-order valence-corrected chi connectivity index (χ1v) is 3.73. The number of aliphatic hydroxyl groups is 1. The second-order valence-electron chi connectivity index (χ2n) is 2.73. The van der Waals surface area contributed by atoms with Crippen molar-refractivity contribution in [3.8, 4) is 0 Å². The second-order valence-corrected chi connectivity index (χ2v) is 2.73. The standard InChI is InChI=1S/C7H15NO/c1-2-6-3-4-7(5-9)8-6/h6-9H,2-5H2,1H3/t6-,7+/m1/s1. The molecule has 0 radical (unpaired) electrons. The zero-order valence-electron chi connectivity index (χ0n) is 5.93. The smallest absolute Gasteiger partial charge is 0.0584 e. The van der Waals surface area contributed by atoms with E-state index in [0.29, 0.717) is 18.7 Å². The fraction of sp³-hybridized carbons (Fsp3) is 1.00. The Morgan fingerprint density at radius 3 is 2.44 bits per heavy atom. The molecule has 0 aromatic rings. The zero-order valence-corrected chi connectivity index (χ0v) is 5.93. The summed E-state index contributed by atoms with van der Waals surface area (Å²) in [5, 5.41) is 12.1. The molecule has 0 bridgehead atoms. The lowest BCUT2D eigenvalue weighted by atomic mass is 10.2. The Bertz CT molecular complexity index is 75.0. The van der Waals surface area contributed by atoms with Crippen molar-refractivity contribution < 1.29 is 5.11 Å². The van der Waals surface area contributed by atoms with Crippen LogP contribution in [0.3, 0.4) is 0 Å². The summed E-state index contributed by atoms with van der Waals surface area (Å²) < 4.78 is 0. The van der Waals surface area contributed by atoms with Gasteiger partial charge in [-0.25, -0.2) is 0 Å². The molecule has 1 heterocycles. The van der Waals surface area contributed by atoms with Gasteiger partial charge in [-0.05, 0) is 19.3 Å².